The van der Waals surface area contributed by atoms with Gasteiger partial charge in [-0.1, -0.05) is 13.3 Å². The Morgan fingerprint density at radius 1 is 1.50 bits per heavy atom. The molecule has 0 aromatic carbocycles. The minimum absolute atomic E-state index is 0. The Bertz CT molecular complexity index is 382. The molecule has 0 amide bonds. The highest BCUT2D eigenvalue weighted by Gasteiger charge is 2.34. The smallest absolute Gasteiger partial charge is 0.346 e. The van der Waals surface area contributed by atoms with Crippen LogP contribution in [0.4, 0.5) is 0 Å². The van der Waals surface area contributed by atoms with E-state index in [0.717, 1.165) is 48.1 Å². The minimum Gasteiger partial charge on any atom is -0.462 e. The van der Waals surface area contributed by atoms with Gasteiger partial charge in [-0.2, -0.15) is 0 Å². The number of rotatable bonds is 4. The molecule has 0 N–H and O–H groups in total. The van der Waals surface area contributed by atoms with Crippen LogP contribution in [0.5, 0.6) is 0 Å². The maximum absolute atomic E-state index is 11.9. The number of esters is 1. The van der Waals surface area contributed by atoms with Crippen LogP contribution in [0.15, 0.2) is 15.6 Å². The van der Waals surface area contributed by atoms with E-state index in [-0.39, 0.29) is 18.4 Å². The highest BCUT2D eigenvalue weighted by Crippen LogP contribution is 2.38. The van der Waals surface area contributed by atoms with Gasteiger partial charge in [-0.3, -0.25) is 4.99 Å². The van der Waals surface area contributed by atoms with Gasteiger partial charge < -0.3 is 9.64 Å². The third-order valence-corrected chi connectivity index (χ3v) is 3.89. The summed E-state index contributed by atoms with van der Waals surface area (Å²) >= 11 is 1.47. The van der Waals surface area contributed by atoms with Crippen LogP contribution in [0, 0.1) is 0 Å². The van der Waals surface area contributed by atoms with Crippen molar-refractivity contribution in [1.29, 1.82) is 0 Å². The van der Waals surface area contributed by atoms with Crippen molar-refractivity contribution >= 4 is 35.3 Å². The molecule has 0 aromatic heterocycles. The average Bonchev–Trinajstić information content (AvgIpc) is 2.70. The zero-order chi connectivity index (χ0) is 12.3. The lowest BCUT2D eigenvalue weighted by atomic mass is 10.2. The number of halogens is 1. The molecule has 0 aromatic rings. The quantitative estimate of drug-likeness (QED) is 0.747. The lowest BCUT2D eigenvalue weighted by molar-refractivity contribution is -0.137. The van der Waals surface area contributed by atoms with E-state index in [1.807, 2.05) is 6.92 Å². The van der Waals surface area contributed by atoms with E-state index in [1.54, 1.807) is 0 Å². The summed E-state index contributed by atoms with van der Waals surface area (Å²) < 4.78 is 5.11. The van der Waals surface area contributed by atoms with Crippen LogP contribution in [0.2, 0.25) is 0 Å². The summed E-state index contributed by atoms with van der Waals surface area (Å²) in [4.78, 5) is 19.3. The van der Waals surface area contributed by atoms with Crippen molar-refractivity contribution in [3.63, 3.8) is 0 Å². The second kappa shape index (κ2) is 7.04. The minimum atomic E-state index is -0.196. The number of amidine groups is 1. The summed E-state index contributed by atoms with van der Waals surface area (Å²) in [6.45, 7) is 6.23. The maximum atomic E-state index is 11.9. The van der Waals surface area contributed by atoms with E-state index in [4.69, 9.17) is 4.74 Å². The van der Waals surface area contributed by atoms with Gasteiger partial charge in [0.05, 0.1) is 6.61 Å². The summed E-state index contributed by atoms with van der Waals surface area (Å²) in [7, 11) is 0. The molecule has 4 nitrogen and oxygen atoms in total. The second-order valence-corrected chi connectivity index (χ2v) is 5.00. The SMILES string of the molecule is CCCC1=C(C(=O)OCC)SC2=NCCCN21.Cl. The molecule has 2 rings (SSSR count). The standard InChI is InChI=1S/C12H18N2O2S.ClH/c1-3-6-9-10(11(15)16-4-2)17-12-13-7-5-8-14(9)12;/h3-8H2,1-2H3;1H. The first-order chi connectivity index (χ1) is 8.27. The van der Waals surface area contributed by atoms with Crippen molar-refractivity contribution in [2.24, 2.45) is 4.99 Å². The lowest BCUT2D eigenvalue weighted by Crippen LogP contribution is -2.29. The Labute approximate surface area is 118 Å². The number of allylic oxidation sites excluding steroid dienone is 1. The first kappa shape index (κ1) is 15.4. The van der Waals surface area contributed by atoms with Crippen LogP contribution in [0.1, 0.15) is 33.1 Å². The molecular formula is C12H19ClN2O2S. The van der Waals surface area contributed by atoms with Crippen LogP contribution in [0.3, 0.4) is 0 Å². The molecule has 102 valence electrons. The van der Waals surface area contributed by atoms with Crippen molar-refractivity contribution < 1.29 is 9.53 Å². The van der Waals surface area contributed by atoms with Gasteiger partial charge >= 0.3 is 5.97 Å². The first-order valence-corrected chi connectivity index (χ1v) is 6.99. The first-order valence-electron chi connectivity index (χ1n) is 6.18. The summed E-state index contributed by atoms with van der Waals surface area (Å²) in [6, 6.07) is 0. The predicted molar refractivity (Wildman–Crippen MR) is 77.0 cm³/mol. The fourth-order valence-corrected chi connectivity index (χ4v) is 3.16. The molecule has 0 radical (unpaired) electrons. The average molecular weight is 291 g/mol. The van der Waals surface area contributed by atoms with Crippen LogP contribution in [-0.4, -0.2) is 35.7 Å². The highest BCUT2D eigenvalue weighted by atomic mass is 35.5. The topological polar surface area (TPSA) is 41.9 Å². The summed E-state index contributed by atoms with van der Waals surface area (Å²) in [5.41, 5.74) is 1.11. The number of ether oxygens (including phenoxy) is 1. The van der Waals surface area contributed by atoms with Crippen molar-refractivity contribution in [3.05, 3.63) is 10.6 Å². The van der Waals surface area contributed by atoms with Crippen molar-refractivity contribution in [2.45, 2.75) is 33.1 Å². The Morgan fingerprint density at radius 2 is 2.28 bits per heavy atom. The van der Waals surface area contributed by atoms with Crippen LogP contribution >= 0.6 is 24.2 Å². The summed E-state index contributed by atoms with van der Waals surface area (Å²) in [5, 5.41) is 0.975. The number of hydrogen-bond donors (Lipinski definition) is 0. The highest BCUT2D eigenvalue weighted by molar-refractivity contribution is 8.18. The Morgan fingerprint density at radius 3 is 2.94 bits per heavy atom. The molecule has 0 saturated carbocycles. The number of fused-ring (bicyclic) bond motifs is 1. The second-order valence-electron chi connectivity index (χ2n) is 4.02. The molecular weight excluding hydrogens is 272 g/mol. The van der Waals surface area contributed by atoms with E-state index in [1.165, 1.54) is 11.8 Å². The molecule has 0 spiro atoms. The number of carbonyl (C=O) groups excluding carboxylic acids is 1. The number of thioether (sulfide) groups is 1. The van der Waals surface area contributed by atoms with Gasteiger partial charge in [-0.05, 0) is 31.5 Å². The molecule has 2 aliphatic heterocycles. The third kappa shape index (κ3) is 3.01. The molecule has 0 unspecified atom stereocenters. The van der Waals surface area contributed by atoms with E-state index in [9.17, 15) is 4.79 Å². The number of carbonyl (C=O) groups is 1. The fraction of sp³-hybridized carbons (Fsp3) is 0.667. The van der Waals surface area contributed by atoms with Gasteiger partial charge in [0.25, 0.3) is 0 Å². The summed E-state index contributed by atoms with van der Waals surface area (Å²) in [5.74, 6) is -0.196. The number of nitrogens with zero attached hydrogens (tertiary/aromatic N) is 2. The van der Waals surface area contributed by atoms with E-state index < -0.39 is 0 Å². The van der Waals surface area contributed by atoms with E-state index in [2.05, 4.69) is 16.8 Å². The monoisotopic (exact) mass is 290 g/mol. The van der Waals surface area contributed by atoms with Crippen molar-refractivity contribution in [2.75, 3.05) is 19.7 Å². The normalized spacial score (nSPS) is 18.1. The Kier molecular flexibility index (Phi) is 6.02. The molecule has 0 bridgehead atoms. The van der Waals surface area contributed by atoms with Gasteiger partial charge in [-0.25, -0.2) is 4.79 Å². The maximum Gasteiger partial charge on any atom is 0.346 e. The van der Waals surface area contributed by atoms with E-state index in [0.29, 0.717) is 6.61 Å². The molecule has 2 heterocycles. The van der Waals surface area contributed by atoms with Gasteiger partial charge in [0.1, 0.15) is 4.91 Å². The molecule has 6 heteroatoms. The Balaban J connectivity index is 0.00000162. The largest absolute Gasteiger partial charge is 0.462 e. The molecule has 0 aliphatic carbocycles. The zero-order valence-electron chi connectivity index (χ0n) is 10.8. The molecule has 2 aliphatic rings. The molecule has 0 atom stereocenters. The molecule has 0 saturated heterocycles. The fourth-order valence-electron chi connectivity index (χ4n) is 2.04. The Hall–Kier alpha value is -0.680. The van der Waals surface area contributed by atoms with Gasteiger partial charge in [0, 0.05) is 18.8 Å². The van der Waals surface area contributed by atoms with Gasteiger partial charge in [-0.15, -0.1) is 12.4 Å². The molecule has 0 fully saturated rings. The van der Waals surface area contributed by atoms with Crippen LogP contribution < -0.4 is 0 Å². The van der Waals surface area contributed by atoms with Crippen molar-refractivity contribution in [1.82, 2.24) is 4.90 Å². The third-order valence-electron chi connectivity index (χ3n) is 2.75. The summed E-state index contributed by atoms with van der Waals surface area (Å²) in [6.07, 6.45) is 3.01. The number of aliphatic imine (C=N–C) groups is 1. The zero-order valence-corrected chi connectivity index (χ0v) is 12.4. The van der Waals surface area contributed by atoms with Crippen LogP contribution in [-0.2, 0) is 9.53 Å². The van der Waals surface area contributed by atoms with Gasteiger partial charge in [0.15, 0.2) is 5.17 Å². The number of hydrogen-bond acceptors (Lipinski definition) is 5. The molecule has 18 heavy (non-hydrogen) atoms. The van der Waals surface area contributed by atoms with Gasteiger partial charge in [0.2, 0.25) is 0 Å². The lowest BCUT2D eigenvalue weighted by Gasteiger charge is -2.24. The van der Waals surface area contributed by atoms with Crippen molar-refractivity contribution in [3.8, 4) is 0 Å². The van der Waals surface area contributed by atoms with E-state index >= 15 is 0 Å². The predicted octanol–water partition coefficient (Wildman–Crippen LogP) is 2.79. The van der Waals surface area contributed by atoms with Crippen LogP contribution in [0.25, 0.3) is 0 Å².